The molecule has 0 saturated heterocycles. The van der Waals surface area contributed by atoms with Gasteiger partial charge in [-0.05, 0) is 12.1 Å². The van der Waals surface area contributed by atoms with Crippen molar-refractivity contribution in [2.45, 2.75) is 0 Å². The summed E-state index contributed by atoms with van der Waals surface area (Å²) in [6.45, 7) is 0. The van der Waals surface area contributed by atoms with Gasteiger partial charge in [0.1, 0.15) is 11.6 Å². The van der Waals surface area contributed by atoms with E-state index in [1.54, 1.807) is 0 Å². The number of aromatic hydroxyl groups is 1. The summed E-state index contributed by atoms with van der Waals surface area (Å²) in [4.78, 5) is 0. The second-order valence-electron chi connectivity index (χ2n) is 2.86. The van der Waals surface area contributed by atoms with Crippen LogP contribution in [0.2, 0.25) is 5.02 Å². The molecule has 2 rings (SSSR count). The first-order valence-electron chi connectivity index (χ1n) is 3.98. The van der Waals surface area contributed by atoms with Gasteiger partial charge in [0.2, 0.25) is 5.88 Å². The summed E-state index contributed by atoms with van der Waals surface area (Å²) in [6.07, 6.45) is 1.21. The minimum Gasteiger partial charge on any atom is -0.506 e. The Kier molecular flexibility index (Phi) is 2.24. The van der Waals surface area contributed by atoms with E-state index in [-0.39, 0.29) is 27.8 Å². The van der Waals surface area contributed by atoms with Crippen LogP contribution >= 0.6 is 11.6 Å². The van der Waals surface area contributed by atoms with E-state index in [1.165, 1.54) is 12.3 Å². The molecule has 6 heteroatoms. The topological polar surface area (TPSA) is 72.3 Å². The van der Waals surface area contributed by atoms with E-state index in [0.29, 0.717) is 0 Å². The summed E-state index contributed by atoms with van der Waals surface area (Å²) >= 11 is 5.65. The van der Waals surface area contributed by atoms with Crippen molar-refractivity contribution in [3.63, 3.8) is 0 Å². The molecule has 1 aromatic carbocycles. The predicted octanol–water partition coefficient (Wildman–Crippen LogP) is 2.42. The van der Waals surface area contributed by atoms with Crippen LogP contribution < -0.4 is 5.73 Å². The van der Waals surface area contributed by atoms with Crippen LogP contribution in [0.1, 0.15) is 0 Å². The van der Waals surface area contributed by atoms with Crippen molar-refractivity contribution in [2.24, 2.45) is 0 Å². The van der Waals surface area contributed by atoms with E-state index >= 15 is 0 Å². The van der Waals surface area contributed by atoms with Crippen molar-refractivity contribution in [1.82, 2.24) is 5.16 Å². The molecule has 0 spiro atoms. The maximum absolute atomic E-state index is 13.4. The molecule has 1 heterocycles. The zero-order chi connectivity index (χ0) is 11.0. The standard InChI is InChI=1S/C9H6ClFN2O2/c10-5-1-2-6(11)7(8(5)14)4-3-13-15-9(4)12/h1-3,14H,12H2. The van der Waals surface area contributed by atoms with E-state index in [4.69, 9.17) is 17.3 Å². The minimum atomic E-state index is -0.646. The number of anilines is 1. The van der Waals surface area contributed by atoms with Crippen LogP contribution in [0, 0.1) is 5.82 Å². The molecule has 0 bridgehead atoms. The van der Waals surface area contributed by atoms with Gasteiger partial charge < -0.3 is 15.4 Å². The summed E-state index contributed by atoms with van der Waals surface area (Å²) in [7, 11) is 0. The molecule has 78 valence electrons. The number of benzene rings is 1. The van der Waals surface area contributed by atoms with E-state index in [2.05, 4.69) is 9.68 Å². The number of hydrogen-bond acceptors (Lipinski definition) is 4. The highest BCUT2D eigenvalue weighted by molar-refractivity contribution is 6.32. The van der Waals surface area contributed by atoms with Crippen LogP contribution in [-0.4, -0.2) is 10.3 Å². The molecule has 0 unspecified atom stereocenters. The molecule has 0 fully saturated rings. The molecule has 4 nitrogen and oxygen atoms in total. The molecule has 0 atom stereocenters. The van der Waals surface area contributed by atoms with Crippen LogP contribution in [-0.2, 0) is 0 Å². The van der Waals surface area contributed by atoms with E-state index < -0.39 is 5.82 Å². The molecule has 0 amide bonds. The lowest BCUT2D eigenvalue weighted by molar-refractivity contribution is 0.436. The van der Waals surface area contributed by atoms with Crippen LogP contribution in [0.25, 0.3) is 11.1 Å². The molecule has 3 N–H and O–H groups in total. The Bertz CT molecular complexity index is 513. The van der Waals surface area contributed by atoms with E-state index in [9.17, 15) is 9.50 Å². The first kappa shape index (κ1) is 9.79. The average Bonchev–Trinajstić information content (AvgIpc) is 2.60. The zero-order valence-corrected chi connectivity index (χ0v) is 8.12. The Morgan fingerprint density at radius 2 is 2.20 bits per heavy atom. The predicted molar refractivity (Wildman–Crippen MR) is 53.0 cm³/mol. The van der Waals surface area contributed by atoms with Crippen molar-refractivity contribution in [3.8, 4) is 16.9 Å². The molecule has 0 radical (unpaired) electrons. The highest BCUT2D eigenvalue weighted by atomic mass is 35.5. The highest BCUT2D eigenvalue weighted by Gasteiger charge is 2.18. The molecule has 15 heavy (non-hydrogen) atoms. The monoisotopic (exact) mass is 228 g/mol. The lowest BCUT2D eigenvalue weighted by atomic mass is 10.1. The first-order chi connectivity index (χ1) is 7.11. The lowest BCUT2D eigenvalue weighted by Crippen LogP contribution is -1.89. The molecule has 0 aliphatic carbocycles. The van der Waals surface area contributed by atoms with E-state index in [1.807, 2.05) is 0 Å². The fraction of sp³-hybridized carbons (Fsp3) is 0. The smallest absolute Gasteiger partial charge is 0.230 e. The maximum Gasteiger partial charge on any atom is 0.230 e. The summed E-state index contributed by atoms with van der Waals surface area (Å²) in [5.74, 6) is -1.11. The van der Waals surface area contributed by atoms with Crippen molar-refractivity contribution >= 4 is 17.5 Å². The lowest BCUT2D eigenvalue weighted by Gasteiger charge is -2.05. The van der Waals surface area contributed by atoms with Gasteiger partial charge in [0.05, 0.1) is 22.3 Å². The third kappa shape index (κ3) is 1.50. The fourth-order valence-electron chi connectivity index (χ4n) is 1.23. The Hall–Kier alpha value is -1.75. The van der Waals surface area contributed by atoms with Gasteiger partial charge >= 0.3 is 0 Å². The zero-order valence-electron chi connectivity index (χ0n) is 7.37. The Morgan fingerprint density at radius 1 is 1.47 bits per heavy atom. The highest BCUT2D eigenvalue weighted by Crippen LogP contribution is 2.39. The van der Waals surface area contributed by atoms with Gasteiger partial charge in [0.25, 0.3) is 0 Å². The second kappa shape index (κ2) is 3.43. The quantitative estimate of drug-likeness (QED) is 0.786. The normalized spacial score (nSPS) is 10.5. The van der Waals surface area contributed by atoms with Crippen LogP contribution in [0.5, 0.6) is 5.75 Å². The molecule has 2 aromatic rings. The summed E-state index contributed by atoms with van der Waals surface area (Å²) < 4.78 is 18.0. The van der Waals surface area contributed by atoms with Gasteiger partial charge in [-0.1, -0.05) is 16.8 Å². The van der Waals surface area contributed by atoms with Gasteiger partial charge in [-0.3, -0.25) is 0 Å². The van der Waals surface area contributed by atoms with Gasteiger partial charge in [-0.15, -0.1) is 0 Å². The van der Waals surface area contributed by atoms with E-state index in [0.717, 1.165) is 6.07 Å². The van der Waals surface area contributed by atoms with Crippen molar-refractivity contribution in [3.05, 3.63) is 29.2 Å². The maximum atomic E-state index is 13.4. The number of phenols is 1. The Morgan fingerprint density at radius 3 is 2.80 bits per heavy atom. The van der Waals surface area contributed by atoms with Crippen molar-refractivity contribution in [1.29, 1.82) is 0 Å². The molecule has 0 aliphatic heterocycles. The van der Waals surface area contributed by atoms with Gasteiger partial charge in [-0.2, -0.15) is 0 Å². The fourth-order valence-corrected chi connectivity index (χ4v) is 1.39. The molecular weight excluding hydrogens is 223 g/mol. The number of nitrogens with two attached hydrogens (primary N) is 1. The number of nitrogen functional groups attached to an aromatic ring is 1. The third-order valence-corrected chi connectivity index (χ3v) is 2.25. The molecular formula is C9H6ClFN2O2. The van der Waals surface area contributed by atoms with Crippen molar-refractivity contribution in [2.75, 3.05) is 5.73 Å². The van der Waals surface area contributed by atoms with Crippen LogP contribution in [0.15, 0.2) is 22.9 Å². The minimum absolute atomic E-state index is 0.0343. The number of aromatic nitrogens is 1. The number of rotatable bonds is 1. The van der Waals surface area contributed by atoms with Gasteiger partial charge in [0, 0.05) is 0 Å². The first-order valence-corrected chi connectivity index (χ1v) is 4.36. The Balaban J connectivity index is 2.72. The largest absolute Gasteiger partial charge is 0.506 e. The SMILES string of the molecule is Nc1oncc1-c1c(F)ccc(Cl)c1O. The number of nitrogens with zero attached hydrogens (tertiary/aromatic N) is 1. The summed E-state index contributed by atoms with van der Waals surface area (Å²) in [5.41, 5.74) is 5.47. The summed E-state index contributed by atoms with van der Waals surface area (Å²) in [6, 6.07) is 2.38. The Labute approximate surface area is 89.1 Å². The van der Waals surface area contributed by atoms with Crippen molar-refractivity contribution < 1.29 is 14.0 Å². The van der Waals surface area contributed by atoms with Crippen LogP contribution in [0.4, 0.5) is 10.3 Å². The van der Waals surface area contributed by atoms with Crippen LogP contribution in [0.3, 0.4) is 0 Å². The number of hydrogen-bond donors (Lipinski definition) is 2. The van der Waals surface area contributed by atoms with Gasteiger partial charge in [0.15, 0.2) is 0 Å². The second-order valence-corrected chi connectivity index (χ2v) is 3.26. The molecule has 1 aromatic heterocycles. The number of halogens is 2. The third-order valence-electron chi connectivity index (χ3n) is 1.95. The average molecular weight is 229 g/mol. The molecule has 0 aliphatic rings. The molecule has 0 saturated carbocycles. The number of phenolic OH excluding ortho intramolecular Hbond substituents is 1. The van der Waals surface area contributed by atoms with Gasteiger partial charge in [-0.25, -0.2) is 4.39 Å². The summed E-state index contributed by atoms with van der Waals surface area (Å²) in [5, 5.41) is 13.0.